The molecule has 1 aliphatic carbocycles. The molecule has 174 valence electrons. The fourth-order valence-corrected chi connectivity index (χ4v) is 5.41. The number of ketones is 1. The first kappa shape index (κ1) is 28.5. The van der Waals surface area contributed by atoms with Gasteiger partial charge in [0.25, 0.3) is 0 Å². The summed E-state index contributed by atoms with van der Waals surface area (Å²) in [6.07, 6.45) is 2.80. The molecule has 2 atom stereocenters. The number of sulfonamides is 1. The van der Waals surface area contributed by atoms with Crippen molar-refractivity contribution in [2.24, 2.45) is 16.7 Å². The zero-order valence-electron chi connectivity index (χ0n) is 20.0. The van der Waals surface area contributed by atoms with Gasteiger partial charge in [-0.15, -0.1) is 0 Å². The highest BCUT2D eigenvalue weighted by molar-refractivity contribution is 7.92. The SMILES string of the molecule is CC(C)S(=O)(=O)C1CCC(C(C)(C)C)C1.CC(C)S(=O)(=O)NCC(=O)C(C)(C)C. The van der Waals surface area contributed by atoms with Crippen LogP contribution in [0.15, 0.2) is 0 Å². The summed E-state index contributed by atoms with van der Waals surface area (Å²) in [5, 5.41) is -0.807. The van der Waals surface area contributed by atoms with E-state index < -0.39 is 30.5 Å². The molecular formula is C21H43NO5S2. The molecule has 0 aromatic heterocycles. The first-order valence-corrected chi connectivity index (χ1v) is 13.6. The number of carbonyl (C=O) groups is 1. The van der Waals surface area contributed by atoms with Gasteiger partial charge in [0.05, 0.1) is 22.3 Å². The first-order valence-electron chi connectivity index (χ1n) is 10.5. The van der Waals surface area contributed by atoms with Crippen molar-refractivity contribution in [1.29, 1.82) is 0 Å². The summed E-state index contributed by atoms with van der Waals surface area (Å²) in [5.41, 5.74) is -0.249. The third-order valence-electron chi connectivity index (χ3n) is 5.62. The summed E-state index contributed by atoms with van der Waals surface area (Å²) in [4.78, 5) is 11.4. The molecule has 1 fully saturated rings. The predicted octanol–water partition coefficient (Wildman–Crippen LogP) is 3.95. The molecule has 0 aliphatic heterocycles. The lowest BCUT2D eigenvalue weighted by atomic mass is 9.80. The topological polar surface area (TPSA) is 97.4 Å². The average Bonchev–Trinajstić information content (AvgIpc) is 3.02. The molecule has 0 amide bonds. The smallest absolute Gasteiger partial charge is 0.214 e. The van der Waals surface area contributed by atoms with Crippen LogP contribution in [0.25, 0.3) is 0 Å². The Morgan fingerprint density at radius 2 is 1.38 bits per heavy atom. The zero-order chi connectivity index (χ0) is 23.4. The van der Waals surface area contributed by atoms with Crippen LogP contribution in [0.5, 0.6) is 0 Å². The maximum atomic E-state index is 12.0. The van der Waals surface area contributed by atoms with Gasteiger partial charge < -0.3 is 0 Å². The van der Waals surface area contributed by atoms with Crippen molar-refractivity contribution in [3.63, 3.8) is 0 Å². The Morgan fingerprint density at radius 1 is 0.897 bits per heavy atom. The van der Waals surface area contributed by atoms with Crippen LogP contribution in [0.2, 0.25) is 0 Å². The lowest BCUT2D eigenvalue weighted by Gasteiger charge is -2.27. The molecule has 0 bridgehead atoms. The second kappa shape index (κ2) is 10.2. The summed E-state index contributed by atoms with van der Waals surface area (Å²) in [5.74, 6) is 0.456. The van der Waals surface area contributed by atoms with Crippen LogP contribution < -0.4 is 4.72 Å². The van der Waals surface area contributed by atoms with Gasteiger partial charge in [-0.3, -0.25) is 4.79 Å². The summed E-state index contributed by atoms with van der Waals surface area (Å²) in [6, 6.07) is 0. The number of nitrogens with one attached hydrogen (secondary N) is 1. The molecule has 0 spiro atoms. The largest absolute Gasteiger partial charge is 0.298 e. The average molecular weight is 454 g/mol. The monoisotopic (exact) mass is 453 g/mol. The van der Waals surface area contributed by atoms with Crippen LogP contribution in [0.3, 0.4) is 0 Å². The van der Waals surface area contributed by atoms with Crippen LogP contribution in [0.4, 0.5) is 0 Å². The second-order valence-corrected chi connectivity index (χ2v) is 15.8. The number of carbonyl (C=O) groups excluding carboxylic acids is 1. The molecule has 8 heteroatoms. The van der Waals surface area contributed by atoms with Crippen LogP contribution >= 0.6 is 0 Å². The number of hydrogen-bond donors (Lipinski definition) is 1. The molecule has 0 aromatic carbocycles. The van der Waals surface area contributed by atoms with Crippen LogP contribution in [0.1, 0.15) is 88.5 Å². The minimum atomic E-state index is -3.32. The Morgan fingerprint density at radius 3 is 1.69 bits per heavy atom. The van der Waals surface area contributed by atoms with E-state index in [0.29, 0.717) is 5.92 Å². The highest BCUT2D eigenvalue weighted by Gasteiger charge is 2.39. The fourth-order valence-electron chi connectivity index (χ4n) is 3.01. The summed E-state index contributed by atoms with van der Waals surface area (Å²) >= 11 is 0. The third-order valence-corrected chi connectivity index (χ3v) is 10.1. The molecule has 1 saturated carbocycles. The molecule has 0 aromatic rings. The number of hydrogen-bond acceptors (Lipinski definition) is 5. The van der Waals surface area contributed by atoms with Gasteiger partial charge in [-0.05, 0) is 58.3 Å². The van der Waals surface area contributed by atoms with Crippen molar-refractivity contribution in [3.8, 4) is 0 Å². The lowest BCUT2D eigenvalue weighted by molar-refractivity contribution is -0.125. The van der Waals surface area contributed by atoms with Crippen LogP contribution in [-0.4, -0.2) is 44.9 Å². The fraction of sp³-hybridized carbons (Fsp3) is 0.952. The minimum absolute atomic E-state index is 0.0817. The van der Waals surface area contributed by atoms with Gasteiger partial charge in [0, 0.05) is 5.41 Å². The maximum Gasteiger partial charge on any atom is 0.214 e. The van der Waals surface area contributed by atoms with E-state index in [-0.39, 0.29) is 28.2 Å². The minimum Gasteiger partial charge on any atom is -0.298 e. The lowest BCUT2D eigenvalue weighted by Crippen LogP contribution is -2.38. The predicted molar refractivity (Wildman–Crippen MR) is 121 cm³/mol. The maximum absolute atomic E-state index is 12.0. The van der Waals surface area contributed by atoms with Crippen LogP contribution in [0, 0.1) is 16.7 Å². The number of Topliss-reactive ketones (excluding diaryl/α,β-unsaturated/α-hetero) is 1. The highest BCUT2D eigenvalue weighted by Crippen LogP contribution is 2.42. The summed E-state index contributed by atoms with van der Waals surface area (Å²) < 4.78 is 48.9. The van der Waals surface area contributed by atoms with Gasteiger partial charge in [-0.25, -0.2) is 21.6 Å². The first-order chi connectivity index (χ1) is 12.7. The quantitative estimate of drug-likeness (QED) is 0.656. The van der Waals surface area contributed by atoms with Crippen molar-refractivity contribution in [1.82, 2.24) is 4.72 Å². The molecule has 0 radical (unpaired) electrons. The van der Waals surface area contributed by atoms with Crippen LogP contribution in [-0.2, 0) is 24.7 Å². The molecule has 1 rings (SSSR count). The van der Waals surface area contributed by atoms with E-state index >= 15 is 0 Å². The molecular weight excluding hydrogens is 410 g/mol. The summed E-state index contributed by atoms with van der Waals surface area (Å²) in [7, 11) is -6.19. The standard InChI is InChI=1S/C12H24O2S.C9H19NO3S/c1-9(2)15(13,14)11-7-6-10(8-11)12(3,4)5;1-7(2)14(12,13)10-6-8(11)9(3,4)5/h9-11H,6-8H2,1-5H3;7,10H,6H2,1-5H3. The molecule has 2 unspecified atom stereocenters. The zero-order valence-corrected chi connectivity index (χ0v) is 21.6. The number of rotatable bonds is 6. The summed E-state index contributed by atoms with van der Waals surface area (Å²) in [6.45, 7) is 18.5. The molecule has 0 saturated heterocycles. The van der Waals surface area contributed by atoms with Crippen molar-refractivity contribution >= 4 is 25.6 Å². The molecule has 6 nitrogen and oxygen atoms in total. The third kappa shape index (κ3) is 9.05. The van der Waals surface area contributed by atoms with Gasteiger partial charge >= 0.3 is 0 Å². The van der Waals surface area contributed by atoms with E-state index in [4.69, 9.17) is 0 Å². The molecule has 1 N–H and O–H groups in total. The van der Waals surface area contributed by atoms with Gasteiger partial charge in [0.1, 0.15) is 0 Å². The Balaban J connectivity index is 0.000000543. The normalized spacial score (nSPS) is 21.2. The Kier molecular flexibility index (Phi) is 10.1. The second-order valence-electron chi connectivity index (χ2n) is 10.7. The molecule has 1 aliphatic rings. The van der Waals surface area contributed by atoms with Crippen molar-refractivity contribution in [2.75, 3.05) is 6.54 Å². The van der Waals surface area contributed by atoms with Gasteiger partial charge in [0.2, 0.25) is 10.0 Å². The van der Waals surface area contributed by atoms with E-state index in [1.54, 1.807) is 48.5 Å². The highest BCUT2D eigenvalue weighted by atomic mass is 32.2. The van der Waals surface area contributed by atoms with Gasteiger partial charge in [0.15, 0.2) is 15.6 Å². The Hall–Kier alpha value is -0.470. The van der Waals surface area contributed by atoms with E-state index in [9.17, 15) is 21.6 Å². The van der Waals surface area contributed by atoms with Crippen molar-refractivity contribution in [3.05, 3.63) is 0 Å². The van der Waals surface area contributed by atoms with Gasteiger partial charge in [-0.2, -0.15) is 0 Å². The Bertz CT molecular complexity index is 739. The van der Waals surface area contributed by atoms with E-state index in [1.807, 2.05) is 0 Å². The van der Waals surface area contributed by atoms with E-state index in [0.717, 1.165) is 19.3 Å². The van der Waals surface area contributed by atoms with Crippen molar-refractivity contribution in [2.45, 2.75) is 104 Å². The number of sulfone groups is 1. The Labute approximate surface area is 179 Å². The van der Waals surface area contributed by atoms with Crippen molar-refractivity contribution < 1.29 is 21.6 Å². The molecule has 29 heavy (non-hydrogen) atoms. The van der Waals surface area contributed by atoms with E-state index in [2.05, 4.69) is 25.5 Å². The van der Waals surface area contributed by atoms with Gasteiger partial charge in [-0.1, -0.05) is 41.5 Å². The van der Waals surface area contributed by atoms with E-state index in [1.165, 1.54) is 0 Å². The molecule has 0 heterocycles.